The number of amides is 3. The Hall–Kier alpha value is -4.74. The van der Waals surface area contributed by atoms with Gasteiger partial charge in [0.1, 0.15) is 0 Å². The molecular weight excluding hydrogens is 686 g/mol. The minimum absolute atomic E-state index is 0.0181. The number of nitrogens with one attached hydrogen (secondary N) is 2. The van der Waals surface area contributed by atoms with Crippen LogP contribution in [0.1, 0.15) is 57.4 Å². The van der Waals surface area contributed by atoms with Crippen LogP contribution in [0.2, 0.25) is 5.15 Å². The molecule has 13 nitrogen and oxygen atoms in total. The van der Waals surface area contributed by atoms with Gasteiger partial charge in [-0.2, -0.15) is 0 Å². The van der Waals surface area contributed by atoms with Crippen molar-refractivity contribution in [1.82, 2.24) is 25.1 Å². The van der Waals surface area contributed by atoms with Crippen molar-refractivity contribution >= 4 is 52.3 Å². The number of benzene rings is 2. The standard InChI is InChI=1S/C32H36ClF4N9O4/c1-2-16-15-45(29-27(33)42-26(28(39)43-29)31(49)40-5-10-47)8-9-46(16)17-3-6-44(7-4-17)32(50)19-12-21(35)23(37)14-25(19)41-30(48)18-11-20(34)22(36)13-24(18)38/h11-14,16-17,47H,2-10,15,38H2,1H3,(H2,39,43)(H,40,49)(H,41,48)/t16-/m0/s1. The molecule has 0 bridgehead atoms. The van der Waals surface area contributed by atoms with Crippen molar-refractivity contribution in [3.05, 3.63) is 69.5 Å². The predicted octanol–water partition coefficient (Wildman–Crippen LogP) is 3.03. The van der Waals surface area contributed by atoms with E-state index in [-0.39, 0.29) is 71.9 Å². The zero-order valence-electron chi connectivity index (χ0n) is 27.0. The summed E-state index contributed by atoms with van der Waals surface area (Å²) < 4.78 is 56.0. The molecule has 7 N–H and O–H groups in total. The molecule has 2 saturated heterocycles. The van der Waals surface area contributed by atoms with Crippen LogP contribution in [0.25, 0.3) is 0 Å². The number of halogens is 5. The molecule has 2 fully saturated rings. The fourth-order valence-electron chi connectivity index (χ4n) is 6.29. The summed E-state index contributed by atoms with van der Waals surface area (Å²) in [6.45, 7) is 4.09. The Morgan fingerprint density at radius 1 is 0.920 bits per heavy atom. The first kappa shape index (κ1) is 36.5. The van der Waals surface area contributed by atoms with Crippen molar-refractivity contribution in [1.29, 1.82) is 0 Å². The van der Waals surface area contributed by atoms with Gasteiger partial charge in [0.2, 0.25) is 0 Å². The van der Waals surface area contributed by atoms with Gasteiger partial charge < -0.3 is 37.0 Å². The zero-order chi connectivity index (χ0) is 36.3. The number of nitrogen functional groups attached to an aromatic ring is 2. The van der Waals surface area contributed by atoms with Gasteiger partial charge in [0.05, 0.1) is 23.4 Å². The van der Waals surface area contributed by atoms with Gasteiger partial charge in [0.15, 0.2) is 45.8 Å². The van der Waals surface area contributed by atoms with Crippen molar-refractivity contribution in [3.63, 3.8) is 0 Å². The molecule has 1 aromatic heterocycles. The normalized spacial score (nSPS) is 17.1. The van der Waals surface area contributed by atoms with Crippen molar-refractivity contribution in [3.8, 4) is 0 Å². The van der Waals surface area contributed by atoms with Crippen molar-refractivity contribution < 1.29 is 37.1 Å². The average Bonchev–Trinajstić information content (AvgIpc) is 3.10. The number of carbonyl (C=O) groups is 3. The Morgan fingerprint density at radius 3 is 2.22 bits per heavy atom. The van der Waals surface area contributed by atoms with Crippen LogP contribution in [0.4, 0.5) is 40.6 Å². The van der Waals surface area contributed by atoms with E-state index in [2.05, 4.69) is 25.5 Å². The average molecular weight is 722 g/mol. The third-order valence-corrected chi connectivity index (χ3v) is 9.13. The van der Waals surface area contributed by atoms with Gasteiger partial charge in [0, 0.05) is 69.2 Å². The van der Waals surface area contributed by atoms with Gasteiger partial charge in [-0.25, -0.2) is 27.5 Å². The second-order valence-electron chi connectivity index (χ2n) is 11.9. The summed E-state index contributed by atoms with van der Waals surface area (Å²) in [5.74, 6) is -7.26. The number of piperazine rings is 1. The van der Waals surface area contributed by atoms with Crippen LogP contribution in [0.5, 0.6) is 0 Å². The summed E-state index contributed by atoms with van der Waals surface area (Å²) >= 11 is 6.44. The van der Waals surface area contributed by atoms with Gasteiger partial charge in [0.25, 0.3) is 17.7 Å². The minimum atomic E-state index is -1.34. The Morgan fingerprint density at radius 2 is 1.56 bits per heavy atom. The largest absolute Gasteiger partial charge is 0.398 e. The third-order valence-electron chi connectivity index (χ3n) is 8.87. The summed E-state index contributed by atoms with van der Waals surface area (Å²) in [5.41, 5.74) is 10.1. The van der Waals surface area contributed by atoms with E-state index < -0.39 is 46.6 Å². The maximum Gasteiger partial charge on any atom is 0.273 e. The maximum atomic E-state index is 14.4. The van der Waals surface area contributed by atoms with E-state index in [0.29, 0.717) is 62.6 Å². The molecule has 0 spiro atoms. The van der Waals surface area contributed by atoms with E-state index in [4.69, 9.17) is 28.2 Å². The smallest absolute Gasteiger partial charge is 0.273 e. The maximum absolute atomic E-state index is 14.4. The molecule has 0 unspecified atom stereocenters. The third kappa shape index (κ3) is 7.69. The van der Waals surface area contributed by atoms with Crippen LogP contribution >= 0.6 is 11.6 Å². The number of anilines is 4. The molecule has 3 heterocycles. The number of aliphatic hydroxyl groups is 1. The van der Waals surface area contributed by atoms with E-state index in [9.17, 15) is 31.9 Å². The molecule has 2 aliphatic heterocycles. The van der Waals surface area contributed by atoms with Crippen LogP contribution in [-0.4, -0.2) is 101 Å². The molecule has 2 aromatic carbocycles. The molecule has 1 atom stereocenters. The Bertz CT molecular complexity index is 1790. The number of carbonyl (C=O) groups excluding carboxylic acids is 3. The van der Waals surface area contributed by atoms with E-state index in [0.717, 1.165) is 6.42 Å². The Balaban J connectivity index is 1.24. The number of likely N-dealkylation sites (tertiary alicyclic amines) is 1. The van der Waals surface area contributed by atoms with Crippen molar-refractivity contribution in [2.75, 3.05) is 67.6 Å². The first-order valence-corrected chi connectivity index (χ1v) is 16.3. The fourth-order valence-corrected chi connectivity index (χ4v) is 6.54. The number of hydrogen-bond acceptors (Lipinski definition) is 10. The summed E-state index contributed by atoms with van der Waals surface area (Å²) in [6.07, 6.45) is 1.92. The molecular formula is C32H36ClF4N9O4. The molecule has 50 heavy (non-hydrogen) atoms. The number of aliphatic hydroxyl groups excluding tert-OH is 1. The highest BCUT2D eigenvalue weighted by atomic mass is 35.5. The second-order valence-corrected chi connectivity index (χ2v) is 12.3. The lowest BCUT2D eigenvalue weighted by molar-refractivity contribution is 0.0491. The molecule has 0 saturated carbocycles. The lowest BCUT2D eigenvalue weighted by Crippen LogP contribution is -2.58. The lowest BCUT2D eigenvalue weighted by atomic mass is 9.97. The predicted molar refractivity (Wildman–Crippen MR) is 178 cm³/mol. The molecule has 5 rings (SSSR count). The molecule has 3 aromatic rings. The van der Waals surface area contributed by atoms with Gasteiger partial charge in [-0.3, -0.25) is 19.3 Å². The summed E-state index contributed by atoms with van der Waals surface area (Å²) in [4.78, 5) is 53.1. The zero-order valence-corrected chi connectivity index (χ0v) is 27.7. The molecule has 2 aliphatic rings. The molecule has 0 radical (unpaired) electrons. The molecule has 268 valence electrons. The number of piperidine rings is 1. The summed E-state index contributed by atoms with van der Waals surface area (Å²) in [5, 5.41) is 13.7. The molecule has 3 amide bonds. The monoisotopic (exact) mass is 721 g/mol. The van der Waals surface area contributed by atoms with Crippen LogP contribution in [-0.2, 0) is 0 Å². The highest BCUT2D eigenvalue weighted by Crippen LogP contribution is 2.31. The molecule has 18 heteroatoms. The number of aromatic nitrogens is 2. The highest BCUT2D eigenvalue weighted by Gasteiger charge is 2.36. The van der Waals surface area contributed by atoms with E-state index in [1.807, 2.05) is 11.8 Å². The fraction of sp³-hybridized carbons (Fsp3) is 0.406. The van der Waals surface area contributed by atoms with Crippen molar-refractivity contribution in [2.45, 2.75) is 38.3 Å². The number of rotatable bonds is 9. The van der Waals surface area contributed by atoms with Crippen molar-refractivity contribution in [2.24, 2.45) is 0 Å². The topological polar surface area (TPSA) is 183 Å². The summed E-state index contributed by atoms with van der Waals surface area (Å²) in [7, 11) is 0. The lowest BCUT2D eigenvalue weighted by Gasteiger charge is -2.47. The first-order chi connectivity index (χ1) is 23.8. The van der Waals surface area contributed by atoms with Gasteiger partial charge in [-0.05, 0) is 31.4 Å². The molecule has 0 aliphatic carbocycles. The van der Waals surface area contributed by atoms with Gasteiger partial charge >= 0.3 is 0 Å². The van der Waals surface area contributed by atoms with E-state index in [1.165, 1.54) is 4.90 Å². The highest BCUT2D eigenvalue weighted by molar-refractivity contribution is 6.32. The SMILES string of the molecule is CC[C@H]1CN(c2nc(N)c(C(=O)NCCO)nc2Cl)CCN1C1CCN(C(=O)c2cc(F)c(F)cc2NC(=O)c2cc(F)c(F)cc2N)CC1. The van der Waals surface area contributed by atoms with Crippen LogP contribution in [0.3, 0.4) is 0 Å². The number of hydrogen-bond donors (Lipinski definition) is 5. The second kappa shape index (κ2) is 15.4. The quantitative estimate of drug-likeness (QED) is 0.163. The number of nitrogens with two attached hydrogens (primary N) is 2. The van der Waals surface area contributed by atoms with Gasteiger partial charge in [-0.15, -0.1) is 0 Å². The Kier molecular flexibility index (Phi) is 11.3. The van der Waals surface area contributed by atoms with E-state index in [1.54, 1.807) is 0 Å². The van der Waals surface area contributed by atoms with E-state index >= 15 is 0 Å². The van der Waals surface area contributed by atoms with Crippen LogP contribution < -0.4 is 27.0 Å². The number of nitrogens with zero attached hydrogens (tertiary/aromatic N) is 5. The first-order valence-electron chi connectivity index (χ1n) is 15.9. The van der Waals surface area contributed by atoms with Crippen LogP contribution in [0, 0.1) is 23.3 Å². The summed E-state index contributed by atoms with van der Waals surface area (Å²) in [6, 6.07) is 2.70. The van der Waals surface area contributed by atoms with Gasteiger partial charge in [-0.1, -0.05) is 18.5 Å². The Labute approximate surface area is 289 Å². The van der Waals surface area contributed by atoms with Crippen LogP contribution in [0.15, 0.2) is 24.3 Å². The minimum Gasteiger partial charge on any atom is -0.398 e.